The molecule has 2 nitrogen and oxygen atoms in total. The van der Waals surface area contributed by atoms with E-state index in [2.05, 4.69) is 23.3 Å². The molecule has 1 aliphatic heterocycles. The van der Waals surface area contributed by atoms with Crippen LogP contribution in [0.15, 0.2) is 23.4 Å². The molecule has 1 N–H and O–H groups in total. The van der Waals surface area contributed by atoms with Crippen molar-refractivity contribution >= 4 is 24.2 Å². The lowest BCUT2D eigenvalue weighted by molar-refractivity contribution is 0.531. The Bertz CT molecular complexity index is 300. The van der Waals surface area contributed by atoms with Gasteiger partial charge in [0.1, 0.15) is 0 Å². The Morgan fingerprint density at radius 1 is 1.40 bits per heavy atom. The monoisotopic (exact) mass is 244 g/mol. The second-order valence-corrected chi connectivity index (χ2v) is 5.06. The number of pyridine rings is 1. The lowest BCUT2D eigenvalue weighted by Gasteiger charge is -2.21. The summed E-state index contributed by atoms with van der Waals surface area (Å²) >= 11 is 1.93. The van der Waals surface area contributed by atoms with Gasteiger partial charge in [0.25, 0.3) is 0 Å². The average Bonchev–Trinajstić information content (AvgIpc) is 2.19. The van der Waals surface area contributed by atoms with E-state index in [4.69, 9.17) is 0 Å². The Hall–Kier alpha value is -0.250. The Kier molecular flexibility index (Phi) is 5.43. The van der Waals surface area contributed by atoms with Gasteiger partial charge in [-0.05, 0) is 50.6 Å². The van der Waals surface area contributed by atoms with Crippen molar-refractivity contribution in [3.63, 3.8) is 0 Å². The third-order valence-electron chi connectivity index (χ3n) is 2.46. The molecule has 0 aliphatic carbocycles. The lowest BCUT2D eigenvalue weighted by Crippen LogP contribution is -2.29. The highest BCUT2D eigenvalue weighted by molar-refractivity contribution is 7.99. The molecule has 1 aromatic heterocycles. The fraction of sp³-hybridized carbons (Fsp3) is 0.545. The molecule has 84 valence electrons. The van der Waals surface area contributed by atoms with Gasteiger partial charge in [0.2, 0.25) is 0 Å². The predicted molar refractivity (Wildman–Crippen MR) is 68.0 cm³/mol. The number of aryl methyl sites for hydroxylation is 1. The minimum atomic E-state index is 0. The van der Waals surface area contributed by atoms with E-state index in [1.807, 2.05) is 24.0 Å². The van der Waals surface area contributed by atoms with Gasteiger partial charge in [0.15, 0.2) is 0 Å². The highest BCUT2D eigenvalue weighted by Crippen LogP contribution is 2.27. The van der Waals surface area contributed by atoms with E-state index in [-0.39, 0.29) is 12.4 Å². The van der Waals surface area contributed by atoms with Crippen molar-refractivity contribution in [1.82, 2.24) is 10.3 Å². The van der Waals surface area contributed by atoms with Crippen molar-refractivity contribution in [3.8, 4) is 0 Å². The van der Waals surface area contributed by atoms with Crippen LogP contribution in [-0.4, -0.2) is 23.3 Å². The van der Waals surface area contributed by atoms with Crippen LogP contribution in [0.2, 0.25) is 0 Å². The molecule has 0 atom stereocenters. The van der Waals surface area contributed by atoms with Crippen molar-refractivity contribution in [2.45, 2.75) is 30.0 Å². The van der Waals surface area contributed by atoms with E-state index < -0.39 is 0 Å². The first kappa shape index (κ1) is 12.8. The minimum Gasteiger partial charge on any atom is -0.317 e. The number of nitrogens with one attached hydrogen (secondary N) is 1. The van der Waals surface area contributed by atoms with Crippen LogP contribution in [-0.2, 0) is 0 Å². The van der Waals surface area contributed by atoms with E-state index in [1.54, 1.807) is 0 Å². The van der Waals surface area contributed by atoms with E-state index in [0.29, 0.717) is 0 Å². The summed E-state index contributed by atoms with van der Waals surface area (Å²) < 4.78 is 0. The average molecular weight is 245 g/mol. The lowest BCUT2D eigenvalue weighted by atomic mass is 10.2. The molecule has 0 bridgehead atoms. The topological polar surface area (TPSA) is 24.9 Å². The van der Waals surface area contributed by atoms with Gasteiger partial charge < -0.3 is 5.32 Å². The maximum absolute atomic E-state index is 4.38. The van der Waals surface area contributed by atoms with Gasteiger partial charge in [-0.2, -0.15) is 0 Å². The Labute approximate surface area is 102 Å². The quantitative estimate of drug-likeness (QED) is 0.866. The van der Waals surface area contributed by atoms with Gasteiger partial charge in [-0.1, -0.05) is 0 Å². The van der Waals surface area contributed by atoms with Gasteiger partial charge in [-0.15, -0.1) is 24.2 Å². The highest BCUT2D eigenvalue weighted by atomic mass is 35.5. The molecule has 15 heavy (non-hydrogen) atoms. The van der Waals surface area contributed by atoms with E-state index in [0.717, 1.165) is 18.3 Å². The zero-order valence-electron chi connectivity index (χ0n) is 8.90. The van der Waals surface area contributed by atoms with Gasteiger partial charge in [-0.3, -0.25) is 0 Å². The van der Waals surface area contributed by atoms with Crippen molar-refractivity contribution in [2.24, 2.45) is 0 Å². The SMILES string of the molecule is Cc1ccnc(SC2CCNCC2)c1.Cl. The molecular formula is C11H17ClN2S. The number of aromatic nitrogens is 1. The van der Waals surface area contributed by atoms with Crippen LogP contribution in [0.5, 0.6) is 0 Å². The van der Waals surface area contributed by atoms with Gasteiger partial charge in [-0.25, -0.2) is 4.98 Å². The molecule has 0 saturated carbocycles. The number of hydrogen-bond donors (Lipinski definition) is 1. The van der Waals surface area contributed by atoms with Gasteiger partial charge in [0.05, 0.1) is 5.03 Å². The molecule has 4 heteroatoms. The van der Waals surface area contributed by atoms with Crippen LogP contribution in [0.1, 0.15) is 18.4 Å². The molecule has 2 heterocycles. The van der Waals surface area contributed by atoms with Crippen molar-refractivity contribution in [3.05, 3.63) is 23.9 Å². The molecule has 1 saturated heterocycles. The molecule has 2 rings (SSSR count). The summed E-state index contributed by atoms with van der Waals surface area (Å²) in [6.45, 7) is 4.43. The summed E-state index contributed by atoms with van der Waals surface area (Å²) in [5, 5.41) is 5.31. The molecule has 0 amide bonds. The zero-order chi connectivity index (χ0) is 9.80. The van der Waals surface area contributed by atoms with E-state index >= 15 is 0 Å². The fourth-order valence-corrected chi connectivity index (χ4v) is 2.85. The van der Waals surface area contributed by atoms with Crippen LogP contribution < -0.4 is 5.32 Å². The number of rotatable bonds is 2. The molecule has 0 radical (unpaired) electrons. The summed E-state index contributed by atoms with van der Waals surface area (Å²) in [5.74, 6) is 0. The molecule has 1 fully saturated rings. The molecular weight excluding hydrogens is 228 g/mol. The minimum absolute atomic E-state index is 0. The molecule has 0 spiro atoms. The van der Waals surface area contributed by atoms with Crippen LogP contribution in [0.3, 0.4) is 0 Å². The van der Waals surface area contributed by atoms with Crippen LogP contribution in [0, 0.1) is 6.92 Å². The largest absolute Gasteiger partial charge is 0.317 e. The second kappa shape index (κ2) is 6.36. The summed E-state index contributed by atoms with van der Waals surface area (Å²) in [7, 11) is 0. The normalized spacial score (nSPS) is 17.1. The summed E-state index contributed by atoms with van der Waals surface area (Å²) in [6, 6.07) is 4.22. The Balaban J connectivity index is 0.00000112. The standard InChI is InChI=1S/C11H16N2S.ClH/c1-9-2-7-13-11(8-9)14-10-3-5-12-6-4-10;/h2,7-8,10,12H,3-6H2,1H3;1H. The number of halogens is 1. The van der Waals surface area contributed by atoms with Gasteiger partial charge in [0, 0.05) is 11.4 Å². The molecule has 1 aromatic rings. The van der Waals surface area contributed by atoms with Crippen LogP contribution in [0.25, 0.3) is 0 Å². The Morgan fingerprint density at radius 3 is 2.80 bits per heavy atom. The fourth-order valence-electron chi connectivity index (χ4n) is 1.66. The summed E-state index contributed by atoms with van der Waals surface area (Å²) in [5.41, 5.74) is 1.30. The number of thioether (sulfide) groups is 1. The summed E-state index contributed by atoms with van der Waals surface area (Å²) in [4.78, 5) is 4.38. The van der Waals surface area contributed by atoms with Gasteiger partial charge >= 0.3 is 0 Å². The third kappa shape index (κ3) is 4.01. The smallest absolute Gasteiger partial charge is 0.0965 e. The number of hydrogen-bond acceptors (Lipinski definition) is 3. The second-order valence-electron chi connectivity index (χ2n) is 3.74. The first-order chi connectivity index (χ1) is 6.84. The van der Waals surface area contributed by atoms with E-state index in [9.17, 15) is 0 Å². The predicted octanol–water partition coefficient (Wildman–Crippen LogP) is 2.66. The Morgan fingerprint density at radius 2 is 2.13 bits per heavy atom. The van der Waals surface area contributed by atoms with Crippen molar-refractivity contribution in [1.29, 1.82) is 0 Å². The maximum Gasteiger partial charge on any atom is 0.0965 e. The maximum atomic E-state index is 4.38. The van der Waals surface area contributed by atoms with Crippen molar-refractivity contribution < 1.29 is 0 Å². The third-order valence-corrected chi connectivity index (χ3v) is 3.73. The highest BCUT2D eigenvalue weighted by Gasteiger charge is 2.14. The first-order valence-corrected chi connectivity index (χ1v) is 6.02. The number of nitrogens with zero attached hydrogens (tertiary/aromatic N) is 1. The van der Waals surface area contributed by atoms with Crippen LogP contribution >= 0.6 is 24.2 Å². The number of piperidine rings is 1. The first-order valence-electron chi connectivity index (χ1n) is 5.14. The van der Waals surface area contributed by atoms with Crippen molar-refractivity contribution in [2.75, 3.05) is 13.1 Å². The van der Waals surface area contributed by atoms with E-state index in [1.165, 1.54) is 23.4 Å². The molecule has 0 unspecified atom stereocenters. The van der Waals surface area contributed by atoms with Crippen LogP contribution in [0.4, 0.5) is 0 Å². The molecule has 1 aliphatic rings. The summed E-state index contributed by atoms with van der Waals surface area (Å²) in [6.07, 6.45) is 4.43. The molecule has 0 aromatic carbocycles. The zero-order valence-corrected chi connectivity index (χ0v) is 10.5.